The fourth-order valence-corrected chi connectivity index (χ4v) is 2.40. The lowest BCUT2D eigenvalue weighted by Gasteiger charge is -2.06. The predicted octanol–water partition coefficient (Wildman–Crippen LogP) is 4.36. The summed E-state index contributed by atoms with van der Waals surface area (Å²) < 4.78 is 0. The standard InChI is InChI=1S/C21H16ClN3O2/c22-18-10-6-15(7-11-18)14-23-25-21(27)17-8-12-19(13-9-17)24-20(26)16-4-2-1-3-5-16/h1-14H,(H,24,26)(H,25,27)/b23-14+. The lowest BCUT2D eigenvalue weighted by atomic mass is 10.1. The number of carbonyl (C=O) groups excluding carboxylic acids is 2. The number of hydrogen-bond acceptors (Lipinski definition) is 3. The summed E-state index contributed by atoms with van der Waals surface area (Å²) in [6.07, 6.45) is 1.53. The van der Waals surface area contributed by atoms with E-state index >= 15 is 0 Å². The Labute approximate surface area is 161 Å². The first kappa shape index (κ1) is 18.4. The monoisotopic (exact) mass is 377 g/mol. The number of halogens is 1. The molecule has 0 heterocycles. The molecule has 0 atom stereocenters. The zero-order valence-electron chi connectivity index (χ0n) is 14.2. The van der Waals surface area contributed by atoms with Crippen LogP contribution < -0.4 is 10.7 Å². The maximum Gasteiger partial charge on any atom is 0.271 e. The summed E-state index contributed by atoms with van der Waals surface area (Å²) in [5.41, 5.74) is 4.88. The summed E-state index contributed by atoms with van der Waals surface area (Å²) in [6.45, 7) is 0. The van der Waals surface area contributed by atoms with Gasteiger partial charge in [-0.05, 0) is 54.1 Å². The molecule has 0 aliphatic carbocycles. The smallest absolute Gasteiger partial charge is 0.271 e. The Morgan fingerprint density at radius 1 is 0.778 bits per heavy atom. The van der Waals surface area contributed by atoms with Crippen molar-refractivity contribution in [1.82, 2.24) is 5.43 Å². The van der Waals surface area contributed by atoms with Crippen molar-refractivity contribution in [3.8, 4) is 0 Å². The molecule has 0 saturated heterocycles. The van der Waals surface area contributed by atoms with Gasteiger partial charge in [-0.1, -0.05) is 41.9 Å². The number of hydrazone groups is 1. The first-order chi connectivity index (χ1) is 13.1. The Morgan fingerprint density at radius 2 is 1.41 bits per heavy atom. The molecule has 3 aromatic carbocycles. The van der Waals surface area contributed by atoms with Crippen LogP contribution in [0.15, 0.2) is 84.0 Å². The van der Waals surface area contributed by atoms with Crippen molar-refractivity contribution in [3.05, 3.63) is 101 Å². The van der Waals surface area contributed by atoms with E-state index in [4.69, 9.17) is 11.6 Å². The van der Waals surface area contributed by atoms with Crippen LogP contribution in [0.3, 0.4) is 0 Å². The molecule has 0 fully saturated rings. The van der Waals surface area contributed by atoms with E-state index < -0.39 is 0 Å². The Bertz CT molecular complexity index is 953. The van der Waals surface area contributed by atoms with Gasteiger partial charge in [0.25, 0.3) is 11.8 Å². The lowest BCUT2D eigenvalue weighted by molar-refractivity contribution is 0.0954. The Hall–Kier alpha value is -3.44. The fourth-order valence-electron chi connectivity index (χ4n) is 2.28. The van der Waals surface area contributed by atoms with Gasteiger partial charge in [-0.2, -0.15) is 5.10 Å². The van der Waals surface area contributed by atoms with Crippen LogP contribution in [0.1, 0.15) is 26.3 Å². The minimum absolute atomic E-state index is 0.208. The SMILES string of the molecule is O=C(N/N=C/c1ccc(Cl)cc1)c1ccc(NC(=O)c2ccccc2)cc1. The van der Waals surface area contributed by atoms with Crippen molar-refractivity contribution in [2.24, 2.45) is 5.10 Å². The second-order valence-corrected chi connectivity index (χ2v) is 6.08. The molecule has 6 heteroatoms. The van der Waals surface area contributed by atoms with Gasteiger partial charge in [-0.15, -0.1) is 0 Å². The lowest BCUT2D eigenvalue weighted by Crippen LogP contribution is -2.17. The number of anilines is 1. The normalized spacial score (nSPS) is 10.6. The summed E-state index contributed by atoms with van der Waals surface area (Å²) in [4.78, 5) is 24.2. The van der Waals surface area contributed by atoms with Crippen molar-refractivity contribution in [3.63, 3.8) is 0 Å². The highest BCUT2D eigenvalue weighted by Gasteiger charge is 2.07. The van der Waals surface area contributed by atoms with Crippen molar-refractivity contribution >= 4 is 35.3 Å². The molecule has 27 heavy (non-hydrogen) atoms. The average Bonchev–Trinajstić information content (AvgIpc) is 2.70. The molecule has 0 saturated carbocycles. The second kappa shape index (κ2) is 8.78. The molecular weight excluding hydrogens is 362 g/mol. The molecule has 0 aliphatic heterocycles. The van der Waals surface area contributed by atoms with Gasteiger partial charge < -0.3 is 5.32 Å². The Morgan fingerprint density at radius 3 is 2.07 bits per heavy atom. The molecule has 3 rings (SSSR count). The highest BCUT2D eigenvalue weighted by Crippen LogP contribution is 2.12. The first-order valence-corrected chi connectivity index (χ1v) is 8.55. The molecule has 2 amide bonds. The van der Waals surface area contributed by atoms with E-state index in [0.29, 0.717) is 21.8 Å². The summed E-state index contributed by atoms with van der Waals surface area (Å²) in [6, 6.07) is 22.6. The molecule has 0 aromatic heterocycles. The van der Waals surface area contributed by atoms with Gasteiger partial charge >= 0.3 is 0 Å². The van der Waals surface area contributed by atoms with Crippen LogP contribution in [0.2, 0.25) is 5.02 Å². The van der Waals surface area contributed by atoms with Crippen molar-refractivity contribution in [2.45, 2.75) is 0 Å². The fraction of sp³-hybridized carbons (Fsp3) is 0. The molecule has 134 valence electrons. The van der Waals surface area contributed by atoms with Gasteiger partial charge in [0.2, 0.25) is 0 Å². The van der Waals surface area contributed by atoms with E-state index in [1.54, 1.807) is 72.8 Å². The third-order valence-corrected chi connectivity index (χ3v) is 3.94. The molecule has 0 aliphatic rings. The number of nitrogens with one attached hydrogen (secondary N) is 2. The number of carbonyl (C=O) groups is 2. The molecule has 5 nitrogen and oxygen atoms in total. The van der Waals surface area contributed by atoms with E-state index in [0.717, 1.165) is 5.56 Å². The van der Waals surface area contributed by atoms with Crippen LogP contribution in [-0.2, 0) is 0 Å². The number of benzene rings is 3. The molecule has 0 radical (unpaired) electrons. The zero-order valence-corrected chi connectivity index (χ0v) is 15.0. The zero-order chi connectivity index (χ0) is 19.1. The van der Waals surface area contributed by atoms with E-state index in [9.17, 15) is 9.59 Å². The van der Waals surface area contributed by atoms with Gasteiger partial charge in [0, 0.05) is 21.8 Å². The van der Waals surface area contributed by atoms with Crippen LogP contribution in [0.25, 0.3) is 0 Å². The average molecular weight is 378 g/mol. The second-order valence-electron chi connectivity index (χ2n) is 5.65. The third kappa shape index (κ3) is 5.26. The summed E-state index contributed by atoms with van der Waals surface area (Å²) in [5.74, 6) is -0.554. The van der Waals surface area contributed by atoms with Crippen LogP contribution >= 0.6 is 11.6 Å². The van der Waals surface area contributed by atoms with Crippen molar-refractivity contribution in [2.75, 3.05) is 5.32 Å². The minimum atomic E-state index is -0.346. The highest BCUT2D eigenvalue weighted by atomic mass is 35.5. The van der Waals surface area contributed by atoms with E-state index in [2.05, 4.69) is 15.8 Å². The number of amides is 2. The van der Waals surface area contributed by atoms with Gasteiger partial charge in [-0.3, -0.25) is 9.59 Å². The van der Waals surface area contributed by atoms with E-state index in [1.807, 2.05) is 6.07 Å². The van der Waals surface area contributed by atoms with E-state index in [-0.39, 0.29) is 11.8 Å². The highest BCUT2D eigenvalue weighted by molar-refractivity contribution is 6.30. The first-order valence-electron chi connectivity index (χ1n) is 8.17. The number of hydrogen-bond donors (Lipinski definition) is 2. The van der Waals surface area contributed by atoms with Gasteiger partial charge in [0.1, 0.15) is 0 Å². The van der Waals surface area contributed by atoms with Crippen molar-refractivity contribution < 1.29 is 9.59 Å². The van der Waals surface area contributed by atoms with Gasteiger partial charge in [-0.25, -0.2) is 5.43 Å². The summed E-state index contributed by atoms with van der Waals surface area (Å²) >= 11 is 5.81. The molecule has 0 spiro atoms. The van der Waals surface area contributed by atoms with Gasteiger partial charge in [0.05, 0.1) is 6.21 Å². The Balaban J connectivity index is 1.57. The summed E-state index contributed by atoms with van der Waals surface area (Å²) in [7, 11) is 0. The van der Waals surface area contributed by atoms with Gasteiger partial charge in [0.15, 0.2) is 0 Å². The van der Waals surface area contributed by atoms with Crippen LogP contribution in [-0.4, -0.2) is 18.0 Å². The van der Waals surface area contributed by atoms with E-state index in [1.165, 1.54) is 6.21 Å². The molecule has 0 unspecified atom stereocenters. The molecular formula is C21H16ClN3O2. The molecule has 0 bridgehead atoms. The van der Waals surface area contributed by atoms with Crippen LogP contribution in [0.5, 0.6) is 0 Å². The minimum Gasteiger partial charge on any atom is -0.322 e. The Kier molecular flexibility index (Phi) is 5.97. The maximum absolute atomic E-state index is 12.1. The maximum atomic E-state index is 12.1. The van der Waals surface area contributed by atoms with Crippen LogP contribution in [0, 0.1) is 0 Å². The molecule has 3 aromatic rings. The van der Waals surface area contributed by atoms with Crippen molar-refractivity contribution in [1.29, 1.82) is 0 Å². The quantitative estimate of drug-likeness (QED) is 0.512. The summed E-state index contributed by atoms with van der Waals surface area (Å²) in [5, 5.41) is 7.34. The third-order valence-electron chi connectivity index (χ3n) is 3.69. The number of rotatable bonds is 5. The van der Waals surface area contributed by atoms with Crippen LogP contribution in [0.4, 0.5) is 5.69 Å². The predicted molar refractivity (Wildman–Crippen MR) is 107 cm³/mol. The largest absolute Gasteiger partial charge is 0.322 e. The number of nitrogens with zero attached hydrogens (tertiary/aromatic N) is 1. The topological polar surface area (TPSA) is 70.6 Å². The molecule has 2 N–H and O–H groups in total.